The van der Waals surface area contributed by atoms with Gasteiger partial charge in [-0.15, -0.1) is 0 Å². The second-order valence-electron chi connectivity index (χ2n) is 6.56. The van der Waals surface area contributed by atoms with Gasteiger partial charge in [0.1, 0.15) is 0 Å². The topological polar surface area (TPSA) is 70.2 Å². The third-order valence-corrected chi connectivity index (χ3v) is 4.10. The van der Waals surface area contributed by atoms with Crippen LogP contribution in [0.25, 0.3) is 0 Å². The van der Waals surface area contributed by atoms with Gasteiger partial charge in [0.05, 0.1) is 0 Å². The molecule has 2 rings (SSSR count). The van der Waals surface area contributed by atoms with Crippen LogP contribution in [0.4, 0.5) is 10.5 Å². The highest BCUT2D eigenvalue weighted by Crippen LogP contribution is 2.16. The second-order valence-corrected chi connectivity index (χ2v) is 6.56. The van der Waals surface area contributed by atoms with Crippen LogP contribution in [0.15, 0.2) is 36.4 Å². The summed E-state index contributed by atoms with van der Waals surface area (Å²) >= 11 is 0. The van der Waals surface area contributed by atoms with Crippen LogP contribution in [0, 0.1) is 11.8 Å². The summed E-state index contributed by atoms with van der Waals surface area (Å²) in [6.45, 7) is 4.85. The number of allylic oxidation sites excluding steroid dienone is 2. The van der Waals surface area contributed by atoms with Gasteiger partial charge in [-0.3, -0.25) is 4.79 Å². The van der Waals surface area contributed by atoms with Crippen molar-refractivity contribution < 1.29 is 9.59 Å². The van der Waals surface area contributed by atoms with Crippen LogP contribution < -0.4 is 16.0 Å². The summed E-state index contributed by atoms with van der Waals surface area (Å²) in [7, 11) is 0. The first kappa shape index (κ1) is 18.0. The number of amides is 3. The smallest absolute Gasteiger partial charge is 0.315 e. The molecule has 1 aliphatic carbocycles. The number of rotatable bonds is 6. The molecule has 1 atom stereocenters. The van der Waals surface area contributed by atoms with E-state index in [-0.39, 0.29) is 17.9 Å². The Balaban J connectivity index is 1.75. The molecule has 0 aliphatic heterocycles. The summed E-state index contributed by atoms with van der Waals surface area (Å²) in [6.07, 6.45) is 7.65. The van der Waals surface area contributed by atoms with E-state index in [1.54, 1.807) is 0 Å². The van der Waals surface area contributed by atoms with Crippen LogP contribution in [0.5, 0.6) is 0 Å². The lowest BCUT2D eigenvalue weighted by Crippen LogP contribution is -2.38. The molecule has 0 spiro atoms. The predicted molar refractivity (Wildman–Crippen MR) is 96.6 cm³/mol. The minimum Gasteiger partial charge on any atom is -0.338 e. The summed E-state index contributed by atoms with van der Waals surface area (Å²) in [5, 5.41) is 8.66. The molecule has 1 unspecified atom stereocenters. The van der Waals surface area contributed by atoms with Crippen molar-refractivity contribution in [3.8, 4) is 0 Å². The largest absolute Gasteiger partial charge is 0.338 e. The molecular formula is C19H27N3O2. The summed E-state index contributed by atoms with van der Waals surface area (Å²) in [5.74, 6) is 0.460. The maximum Gasteiger partial charge on any atom is 0.315 e. The van der Waals surface area contributed by atoms with Gasteiger partial charge < -0.3 is 16.0 Å². The molecule has 5 nitrogen and oxygen atoms in total. The maximum atomic E-state index is 11.9. The fraction of sp³-hybridized carbons (Fsp3) is 0.474. The van der Waals surface area contributed by atoms with Crippen molar-refractivity contribution in [3.63, 3.8) is 0 Å². The number of carbonyl (C=O) groups excluding carboxylic acids is 2. The van der Waals surface area contributed by atoms with E-state index in [1.165, 1.54) is 0 Å². The first-order chi connectivity index (χ1) is 11.5. The second kappa shape index (κ2) is 9.11. The third kappa shape index (κ3) is 6.07. The highest BCUT2D eigenvalue weighted by molar-refractivity contribution is 5.92. The van der Waals surface area contributed by atoms with E-state index in [0.717, 1.165) is 30.5 Å². The van der Waals surface area contributed by atoms with Gasteiger partial charge in [-0.25, -0.2) is 4.79 Å². The van der Waals surface area contributed by atoms with E-state index in [4.69, 9.17) is 0 Å². The Morgan fingerprint density at radius 1 is 1.21 bits per heavy atom. The summed E-state index contributed by atoms with van der Waals surface area (Å²) < 4.78 is 0. The Bertz CT molecular complexity index is 596. The van der Waals surface area contributed by atoms with Crippen LogP contribution in [0.2, 0.25) is 0 Å². The normalized spacial score (nSPS) is 16.7. The van der Waals surface area contributed by atoms with Gasteiger partial charge in [0.2, 0.25) is 5.91 Å². The number of benzene rings is 1. The van der Waals surface area contributed by atoms with Gasteiger partial charge in [0, 0.05) is 24.7 Å². The molecular weight excluding hydrogens is 302 g/mol. The van der Waals surface area contributed by atoms with E-state index in [1.807, 2.05) is 38.1 Å². The summed E-state index contributed by atoms with van der Waals surface area (Å²) in [6, 6.07) is 7.38. The molecule has 5 heteroatoms. The fourth-order valence-corrected chi connectivity index (χ4v) is 2.57. The van der Waals surface area contributed by atoms with Crippen LogP contribution in [0.3, 0.4) is 0 Å². The minimum absolute atomic E-state index is 0.0145. The Hall–Kier alpha value is -2.30. The molecule has 0 saturated carbocycles. The Morgan fingerprint density at radius 2 is 2.04 bits per heavy atom. The lowest BCUT2D eigenvalue weighted by atomic mass is 9.94. The summed E-state index contributed by atoms with van der Waals surface area (Å²) in [5.41, 5.74) is 1.70. The van der Waals surface area contributed by atoms with Gasteiger partial charge in [-0.1, -0.05) is 38.1 Å². The Kier molecular flexibility index (Phi) is 6.85. The zero-order valence-corrected chi connectivity index (χ0v) is 14.5. The zero-order chi connectivity index (χ0) is 17.4. The average molecular weight is 329 g/mol. The molecule has 0 saturated heterocycles. The molecule has 3 N–H and O–H groups in total. The Labute approximate surface area is 143 Å². The first-order valence-electron chi connectivity index (χ1n) is 8.61. The summed E-state index contributed by atoms with van der Waals surface area (Å²) in [4.78, 5) is 23.6. The Morgan fingerprint density at radius 3 is 2.75 bits per heavy atom. The molecule has 0 bridgehead atoms. The van der Waals surface area contributed by atoms with Crippen LogP contribution >= 0.6 is 0 Å². The molecule has 3 amide bonds. The quantitative estimate of drug-likeness (QED) is 0.700. The van der Waals surface area contributed by atoms with Gasteiger partial charge in [-0.2, -0.15) is 0 Å². The van der Waals surface area contributed by atoms with E-state index >= 15 is 0 Å². The standard InChI is InChI=1S/C19H27N3O2/c1-14(2)18(23)22-17-10-6-9-16(11-17)13-21-19(24)20-12-15-7-4-3-5-8-15/h3-4,6,9-11,14-15H,5,7-8,12-13H2,1-2H3,(H,22,23)(H2,20,21,24). The molecule has 130 valence electrons. The predicted octanol–water partition coefficient (Wildman–Crippen LogP) is 3.44. The molecule has 1 aromatic rings. The molecule has 0 radical (unpaired) electrons. The maximum absolute atomic E-state index is 11.9. The monoisotopic (exact) mass is 329 g/mol. The molecule has 24 heavy (non-hydrogen) atoms. The zero-order valence-electron chi connectivity index (χ0n) is 14.5. The fourth-order valence-electron chi connectivity index (χ4n) is 2.57. The van der Waals surface area contributed by atoms with Crippen molar-refractivity contribution in [1.29, 1.82) is 0 Å². The molecule has 1 aromatic carbocycles. The number of hydrogen-bond acceptors (Lipinski definition) is 2. The van der Waals surface area contributed by atoms with Crippen molar-refractivity contribution in [1.82, 2.24) is 10.6 Å². The lowest BCUT2D eigenvalue weighted by molar-refractivity contribution is -0.118. The highest BCUT2D eigenvalue weighted by atomic mass is 16.2. The van der Waals surface area contributed by atoms with Crippen molar-refractivity contribution in [2.75, 3.05) is 11.9 Å². The molecule has 0 heterocycles. The van der Waals surface area contributed by atoms with E-state index in [0.29, 0.717) is 19.0 Å². The van der Waals surface area contributed by atoms with Gasteiger partial charge >= 0.3 is 6.03 Å². The van der Waals surface area contributed by atoms with Crippen LogP contribution in [-0.4, -0.2) is 18.5 Å². The highest BCUT2D eigenvalue weighted by Gasteiger charge is 2.11. The van der Waals surface area contributed by atoms with Crippen molar-refractivity contribution in [2.24, 2.45) is 11.8 Å². The average Bonchev–Trinajstić information content (AvgIpc) is 2.59. The first-order valence-corrected chi connectivity index (χ1v) is 8.61. The third-order valence-electron chi connectivity index (χ3n) is 4.10. The number of hydrogen-bond donors (Lipinski definition) is 3. The van der Waals surface area contributed by atoms with Gasteiger partial charge in [0.15, 0.2) is 0 Å². The van der Waals surface area contributed by atoms with Crippen LogP contribution in [0.1, 0.15) is 38.7 Å². The molecule has 0 aromatic heterocycles. The number of nitrogens with one attached hydrogen (secondary N) is 3. The van der Waals surface area contributed by atoms with Crippen molar-refractivity contribution in [2.45, 2.75) is 39.7 Å². The van der Waals surface area contributed by atoms with E-state index < -0.39 is 0 Å². The van der Waals surface area contributed by atoms with E-state index in [9.17, 15) is 9.59 Å². The van der Waals surface area contributed by atoms with Crippen molar-refractivity contribution >= 4 is 17.6 Å². The number of urea groups is 1. The molecule has 1 aliphatic rings. The number of carbonyl (C=O) groups is 2. The van der Waals surface area contributed by atoms with Crippen LogP contribution in [-0.2, 0) is 11.3 Å². The van der Waals surface area contributed by atoms with Crippen molar-refractivity contribution in [3.05, 3.63) is 42.0 Å². The van der Waals surface area contributed by atoms with Gasteiger partial charge in [-0.05, 0) is 42.9 Å². The lowest BCUT2D eigenvalue weighted by Gasteiger charge is -2.18. The SMILES string of the molecule is CC(C)C(=O)Nc1cccc(CNC(=O)NCC2CC=CCC2)c1. The van der Waals surface area contributed by atoms with Gasteiger partial charge in [0.25, 0.3) is 0 Å². The number of anilines is 1. The molecule has 0 fully saturated rings. The van der Waals surface area contributed by atoms with E-state index in [2.05, 4.69) is 28.1 Å². The minimum atomic E-state index is -0.152.